The molecule has 2 aromatic rings. The number of ether oxygens (including phenoxy) is 2. The second-order valence-corrected chi connectivity index (χ2v) is 4.34. The van der Waals surface area contributed by atoms with E-state index < -0.39 is 0 Å². The molecule has 0 radical (unpaired) electrons. The van der Waals surface area contributed by atoms with Crippen molar-refractivity contribution < 1.29 is 19.1 Å². The fourth-order valence-electron chi connectivity index (χ4n) is 1.94. The lowest BCUT2D eigenvalue weighted by atomic mass is 10.1. The standard InChI is InChI=1S/C15H18N2O4/c1-5-21-14-7-10-6-12(15(18)17(2)20-4)16-9-11(10)8-13(14)19-3/h6-9H,5H2,1-4H3. The van der Waals surface area contributed by atoms with Gasteiger partial charge in [-0.25, -0.2) is 5.06 Å². The molecule has 0 aliphatic heterocycles. The van der Waals surface area contributed by atoms with Gasteiger partial charge in [0.15, 0.2) is 11.5 Å². The third-order valence-electron chi connectivity index (χ3n) is 3.08. The minimum Gasteiger partial charge on any atom is -0.493 e. The average molecular weight is 290 g/mol. The van der Waals surface area contributed by atoms with Crippen LogP contribution in [0.1, 0.15) is 17.4 Å². The third-order valence-corrected chi connectivity index (χ3v) is 3.08. The number of hydroxylamine groups is 2. The molecule has 0 N–H and O–H groups in total. The number of hydrogen-bond acceptors (Lipinski definition) is 5. The summed E-state index contributed by atoms with van der Waals surface area (Å²) in [6.45, 7) is 2.43. The Kier molecular flexibility index (Phi) is 4.59. The molecule has 0 spiro atoms. The lowest BCUT2D eigenvalue weighted by Crippen LogP contribution is -2.26. The van der Waals surface area contributed by atoms with E-state index in [1.54, 1.807) is 19.4 Å². The van der Waals surface area contributed by atoms with Gasteiger partial charge < -0.3 is 9.47 Å². The maximum Gasteiger partial charge on any atom is 0.295 e. The smallest absolute Gasteiger partial charge is 0.295 e. The van der Waals surface area contributed by atoms with E-state index in [2.05, 4.69) is 4.98 Å². The summed E-state index contributed by atoms with van der Waals surface area (Å²) in [6, 6.07) is 5.37. The van der Waals surface area contributed by atoms with E-state index in [1.807, 2.05) is 19.1 Å². The van der Waals surface area contributed by atoms with Crippen LogP contribution < -0.4 is 9.47 Å². The summed E-state index contributed by atoms with van der Waals surface area (Å²) in [4.78, 5) is 21.1. The van der Waals surface area contributed by atoms with Crippen LogP contribution in [0.15, 0.2) is 24.4 Å². The second-order valence-electron chi connectivity index (χ2n) is 4.34. The van der Waals surface area contributed by atoms with Crippen molar-refractivity contribution in [2.75, 3.05) is 27.9 Å². The summed E-state index contributed by atoms with van der Waals surface area (Å²) in [5, 5.41) is 2.84. The van der Waals surface area contributed by atoms with Crippen molar-refractivity contribution in [2.24, 2.45) is 0 Å². The molecule has 112 valence electrons. The van der Waals surface area contributed by atoms with Gasteiger partial charge in [0, 0.05) is 18.6 Å². The second kappa shape index (κ2) is 6.41. The molecular weight excluding hydrogens is 272 g/mol. The normalized spacial score (nSPS) is 10.5. The highest BCUT2D eigenvalue weighted by molar-refractivity contribution is 5.96. The number of benzene rings is 1. The maximum atomic E-state index is 12.0. The molecule has 0 fully saturated rings. The van der Waals surface area contributed by atoms with Crippen LogP contribution in [0.25, 0.3) is 10.8 Å². The van der Waals surface area contributed by atoms with Crippen molar-refractivity contribution >= 4 is 16.7 Å². The van der Waals surface area contributed by atoms with Gasteiger partial charge in [0.1, 0.15) is 5.69 Å². The van der Waals surface area contributed by atoms with Gasteiger partial charge in [-0.15, -0.1) is 0 Å². The van der Waals surface area contributed by atoms with Crippen LogP contribution in [0, 0.1) is 0 Å². The predicted molar refractivity (Wildman–Crippen MR) is 78.6 cm³/mol. The maximum absolute atomic E-state index is 12.0. The molecule has 2 rings (SSSR count). The Balaban J connectivity index is 2.49. The molecule has 6 heteroatoms. The van der Waals surface area contributed by atoms with E-state index in [0.29, 0.717) is 23.8 Å². The van der Waals surface area contributed by atoms with Gasteiger partial charge in [0.25, 0.3) is 5.91 Å². The largest absolute Gasteiger partial charge is 0.493 e. The molecule has 0 atom stereocenters. The predicted octanol–water partition coefficient (Wildman–Crippen LogP) is 2.28. The first-order chi connectivity index (χ1) is 10.1. The Bertz CT molecular complexity index is 657. The Morgan fingerprint density at radius 3 is 2.52 bits per heavy atom. The lowest BCUT2D eigenvalue weighted by molar-refractivity contribution is -0.0760. The Hall–Kier alpha value is -2.34. The number of nitrogens with zero attached hydrogens (tertiary/aromatic N) is 2. The lowest BCUT2D eigenvalue weighted by Gasteiger charge is -2.14. The van der Waals surface area contributed by atoms with E-state index in [0.717, 1.165) is 15.8 Å². The highest BCUT2D eigenvalue weighted by atomic mass is 16.7. The first kappa shape index (κ1) is 15.1. The topological polar surface area (TPSA) is 60.9 Å². The summed E-state index contributed by atoms with van der Waals surface area (Å²) in [6.07, 6.45) is 1.63. The minimum atomic E-state index is -0.312. The highest BCUT2D eigenvalue weighted by Crippen LogP contribution is 2.32. The zero-order valence-corrected chi connectivity index (χ0v) is 12.5. The summed E-state index contributed by atoms with van der Waals surface area (Å²) >= 11 is 0. The van der Waals surface area contributed by atoms with Gasteiger partial charge >= 0.3 is 0 Å². The van der Waals surface area contributed by atoms with Gasteiger partial charge in [0.2, 0.25) is 0 Å². The van der Waals surface area contributed by atoms with E-state index in [9.17, 15) is 4.79 Å². The van der Waals surface area contributed by atoms with Gasteiger partial charge in [-0.1, -0.05) is 0 Å². The Labute approximate surface area is 123 Å². The molecule has 0 bridgehead atoms. The number of aromatic nitrogens is 1. The van der Waals surface area contributed by atoms with Gasteiger partial charge in [-0.2, -0.15) is 0 Å². The molecule has 0 saturated heterocycles. The van der Waals surface area contributed by atoms with Crippen molar-refractivity contribution in [2.45, 2.75) is 6.92 Å². The quantitative estimate of drug-likeness (QED) is 0.791. The third kappa shape index (κ3) is 3.05. The average Bonchev–Trinajstić information content (AvgIpc) is 2.52. The first-order valence-electron chi connectivity index (χ1n) is 6.53. The number of rotatable bonds is 5. The summed E-state index contributed by atoms with van der Waals surface area (Å²) in [7, 11) is 4.55. The van der Waals surface area contributed by atoms with Crippen LogP contribution in [0.3, 0.4) is 0 Å². The van der Waals surface area contributed by atoms with Crippen molar-refractivity contribution in [3.63, 3.8) is 0 Å². The van der Waals surface area contributed by atoms with Crippen LogP contribution in [0.2, 0.25) is 0 Å². The van der Waals surface area contributed by atoms with Crippen LogP contribution in [0.4, 0.5) is 0 Å². The first-order valence-corrected chi connectivity index (χ1v) is 6.53. The molecule has 1 amide bonds. The molecule has 6 nitrogen and oxygen atoms in total. The molecule has 1 aromatic heterocycles. The monoisotopic (exact) mass is 290 g/mol. The van der Waals surface area contributed by atoms with Crippen LogP contribution in [-0.2, 0) is 4.84 Å². The number of fused-ring (bicyclic) bond motifs is 1. The highest BCUT2D eigenvalue weighted by Gasteiger charge is 2.14. The van der Waals surface area contributed by atoms with E-state index in [-0.39, 0.29) is 5.91 Å². The van der Waals surface area contributed by atoms with E-state index in [4.69, 9.17) is 14.3 Å². The number of hydrogen-bond donors (Lipinski definition) is 0. The fraction of sp³-hybridized carbons (Fsp3) is 0.333. The molecule has 1 heterocycles. The molecule has 0 aliphatic carbocycles. The van der Waals surface area contributed by atoms with Crippen molar-refractivity contribution in [1.29, 1.82) is 0 Å². The number of pyridine rings is 1. The SMILES string of the molecule is CCOc1cc2cc(C(=O)N(C)OC)ncc2cc1OC. The molecule has 0 saturated carbocycles. The minimum absolute atomic E-state index is 0.305. The van der Waals surface area contributed by atoms with Crippen LogP contribution in [0.5, 0.6) is 11.5 Å². The molecule has 1 aromatic carbocycles. The molecular formula is C15H18N2O4. The fourth-order valence-corrected chi connectivity index (χ4v) is 1.94. The van der Waals surface area contributed by atoms with Gasteiger partial charge in [-0.3, -0.25) is 14.6 Å². The number of carbonyl (C=O) groups is 1. The Morgan fingerprint density at radius 2 is 1.90 bits per heavy atom. The zero-order chi connectivity index (χ0) is 15.4. The summed E-state index contributed by atoms with van der Waals surface area (Å²) in [5.41, 5.74) is 0.305. The zero-order valence-electron chi connectivity index (χ0n) is 12.5. The Morgan fingerprint density at radius 1 is 1.19 bits per heavy atom. The molecule has 0 unspecified atom stereocenters. The van der Waals surface area contributed by atoms with E-state index >= 15 is 0 Å². The van der Waals surface area contributed by atoms with E-state index in [1.165, 1.54) is 14.2 Å². The van der Waals surface area contributed by atoms with Gasteiger partial charge in [0.05, 0.1) is 20.8 Å². The molecule has 0 aliphatic rings. The summed E-state index contributed by atoms with van der Waals surface area (Å²) in [5.74, 6) is 0.963. The number of methoxy groups -OCH3 is 1. The van der Waals surface area contributed by atoms with Crippen LogP contribution >= 0.6 is 0 Å². The van der Waals surface area contributed by atoms with Crippen molar-refractivity contribution in [1.82, 2.24) is 10.0 Å². The number of amides is 1. The number of carbonyl (C=O) groups excluding carboxylic acids is 1. The molecule has 21 heavy (non-hydrogen) atoms. The van der Waals surface area contributed by atoms with Gasteiger partial charge in [-0.05, 0) is 30.5 Å². The van der Waals surface area contributed by atoms with Crippen LogP contribution in [-0.4, -0.2) is 43.8 Å². The summed E-state index contributed by atoms with van der Waals surface area (Å²) < 4.78 is 10.8. The van der Waals surface area contributed by atoms with Crippen molar-refractivity contribution in [3.8, 4) is 11.5 Å². The van der Waals surface area contributed by atoms with Crippen molar-refractivity contribution in [3.05, 3.63) is 30.1 Å².